The van der Waals surface area contributed by atoms with Crippen LogP contribution in [0.4, 0.5) is 0 Å². The lowest BCUT2D eigenvalue weighted by atomic mass is 9.31. The van der Waals surface area contributed by atoms with Crippen LogP contribution in [0, 0.1) is 30.1 Å². The number of hydrogen-bond acceptors (Lipinski definition) is 2. The van der Waals surface area contributed by atoms with Crippen molar-refractivity contribution < 1.29 is 10.2 Å². The first-order valence-corrected chi connectivity index (χ1v) is 11.9. The Morgan fingerprint density at radius 3 is 1.52 bits per heavy atom. The fourth-order valence-corrected chi connectivity index (χ4v) is 8.52. The Hall–Kier alpha value is -1.96. The highest BCUT2D eigenvalue weighted by Crippen LogP contribution is 2.77. The summed E-state index contributed by atoms with van der Waals surface area (Å²) in [7, 11) is 0. The maximum atomic E-state index is 10.2. The van der Waals surface area contributed by atoms with E-state index >= 15 is 0 Å². The van der Waals surface area contributed by atoms with Gasteiger partial charge in [0.2, 0.25) is 0 Å². The lowest BCUT2D eigenvalue weighted by molar-refractivity contribution is -0.176. The number of phenolic OH excluding ortho intramolecular Hbond substituents is 2. The molecule has 2 nitrogen and oxygen atoms in total. The van der Waals surface area contributed by atoms with E-state index in [4.69, 9.17) is 0 Å². The van der Waals surface area contributed by atoms with Crippen molar-refractivity contribution >= 4 is 0 Å². The molecule has 0 spiro atoms. The molecule has 2 unspecified atom stereocenters. The largest absolute Gasteiger partial charge is 0.508 e. The quantitative estimate of drug-likeness (QED) is 0.537. The number of hydrogen-bond donors (Lipinski definition) is 2. The van der Waals surface area contributed by atoms with Crippen molar-refractivity contribution in [3.8, 4) is 11.5 Å². The van der Waals surface area contributed by atoms with Gasteiger partial charge in [0.05, 0.1) is 0 Å². The summed E-state index contributed by atoms with van der Waals surface area (Å²) in [6, 6.07) is 12.7. The minimum Gasteiger partial charge on any atom is -0.508 e. The molecule has 4 saturated carbocycles. The fraction of sp³-hybridized carbons (Fsp3) is 0.586. The van der Waals surface area contributed by atoms with Crippen molar-refractivity contribution in [1.82, 2.24) is 0 Å². The van der Waals surface area contributed by atoms with Crippen molar-refractivity contribution in [2.45, 2.75) is 90.9 Å². The third kappa shape index (κ3) is 2.90. The molecule has 0 aromatic heterocycles. The van der Waals surface area contributed by atoms with E-state index in [1.54, 1.807) is 0 Å². The Labute approximate surface area is 187 Å². The van der Waals surface area contributed by atoms with Gasteiger partial charge < -0.3 is 10.2 Å². The van der Waals surface area contributed by atoms with Gasteiger partial charge in [0.1, 0.15) is 11.5 Å². The second kappa shape index (κ2) is 6.09. The number of aryl methyl sites for hydroxylation is 2. The van der Waals surface area contributed by atoms with Crippen LogP contribution in [-0.4, -0.2) is 10.2 Å². The lowest BCUT2D eigenvalue weighted by Gasteiger charge is -2.73. The second-order valence-corrected chi connectivity index (χ2v) is 13.0. The van der Waals surface area contributed by atoms with Crippen LogP contribution in [0.25, 0.3) is 0 Å². The molecule has 0 radical (unpaired) electrons. The summed E-state index contributed by atoms with van der Waals surface area (Å²) in [4.78, 5) is 0. The van der Waals surface area contributed by atoms with Crippen LogP contribution in [0.15, 0.2) is 36.4 Å². The first-order valence-electron chi connectivity index (χ1n) is 11.9. The van der Waals surface area contributed by atoms with E-state index < -0.39 is 0 Å². The van der Waals surface area contributed by atoms with Crippen molar-refractivity contribution in [3.05, 3.63) is 58.7 Å². The maximum absolute atomic E-state index is 10.2. The van der Waals surface area contributed by atoms with Gasteiger partial charge in [0, 0.05) is 0 Å². The Morgan fingerprint density at radius 2 is 1.13 bits per heavy atom. The van der Waals surface area contributed by atoms with Crippen molar-refractivity contribution in [1.29, 1.82) is 0 Å². The zero-order valence-electron chi connectivity index (χ0n) is 20.1. The second-order valence-electron chi connectivity index (χ2n) is 13.0. The average molecular weight is 419 g/mol. The number of rotatable bonds is 2. The van der Waals surface area contributed by atoms with E-state index in [1.165, 1.54) is 49.7 Å². The summed E-state index contributed by atoms with van der Waals surface area (Å²) in [5.74, 6) is 0.795. The third-order valence-corrected chi connectivity index (χ3v) is 9.54. The molecule has 0 aliphatic heterocycles. The van der Waals surface area contributed by atoms with Crippen LogP contribution in [0.2, 0.25) is 0 Å². The normalized spacial score (nSPS) is 36.7. The molecule has 31 heavy (non-hydrogen) atoms. The lowest BCUT2D eigenvalue weighted by Crippen LogP contribution is -2.66. The molecule has 4 aliphatic carbocycles. The minimum absolute atomic E-state index is 0.140. The predicted octanol–water partition coefficient (Wildman–Crippen LogP) is 7.31. The Morgan fingerprint density at radius 1 is 0.677 bits per heavy atom. The average Bonchev–Trinajstić information content (AvgIpc) is 2.63. The molecule has 4 aliphatic rings. The molecule has 2 heteroatoms. The van der Waals surface area contributed by atoms with Crippen LogP contribution in [0.1, 0.15) is 88.5 Å². The maximum Gasteiger partial charge on any atom is 0.118 e. The molecule has 0 amide bonds. The summed E-state index contributed by atoms with van der Waals surface area (Å²) in [5, 5.41) is 20.4. The number of phenols is 2. The Kier molecular flexibility index (Phi) is 4.11. The topological polar surface area (TPSA) is 40.5 Å². The van der Waals surface area contributed by atoms with Gasteiger partial charge in [-0.05, 0) is 114 Å². The summed E-state index contributed by atoms with van der Waals surface area (Å²) < 4.78 is 0. The van der Waals surface area contributed by atoms with Crippen LogP contribution in [0.5, 0.6) is 11.5 Å². The van der Waals surface area contributed by atoms with Crippen LogP contribution < -0.4 is 0 Å². The van der Waals surface area contributed by atoms with Crippen molar-refractivity contribution in [3.63, 3.8) is 0 Å². The van der Waals surface area contributed by atoms with E-state index in [2.05, 4.69) is 52.0 Å². The van der Waals surface area contributed by atoms with E-state index in [0.29, 0.717) is 16.9 Å². The van der Waals surface area contributed by atoms with Gasteiger partial charge >= 0.3 is 0 Å². The zero-order valence-corrected chi connectivity index (χ0v) is 20.1. The van der Waals surface area contributed by atoms with Gasteiger partial charge in [-0.2, -0.15) is 0 Å². The SMILES string of the molecule is Cc1cc(C23CC4(C)CC(c5ccc(O)c(C)c5)(C2)CC(C(C)(C)C)(C4)C3)ccc1O. The van der Waals surface area contributed by atoms with Crippen molar-refractivity contribution in [2.75, 3.05) is 0 Å². The van der Waals surface area contributed by atoms with E-state index in [0.717, 1.165) is 11.1 Å². The van der Waals surface area contributed by atoms with Gasteiger partial charge in [0.25, 0.3) is 0 Å². The summed E-state index contributed by atoms with van der Waals surface area (Å²) in [6.45, 7) is 14.0. The highest BCUT2D eigenvalue weighted by Gasteiger charge is 2.69. The Balaban J connectivity index is 1.74. The summed E-state index contributed by atoms with van der Waals surface area (Å²) in [5.41, 5.74) is 5.90. The molecular weight excluding hydrogens is 380 g/mol. The molecule has 2 atom stereocenters. The van der Waals surface area contributed by atoms with Gasteiger partial charge in [-0.15, -0.1) is 0 Å². The molecule has 4 fully saturated rings. The van der Waals surface area contributed by atoms with E-state index in [1.807, 2.05) is 26.0 Å². The number of benzene rings is 2. The Bertz CT molecular complexity index is 989. The molecule has 2 N–H and O–H groups in total. The molecule has 2 aromatic rings. The first kappa shape index (κ1) is 20.9. The van der Waals surface area contributed by atoms with Crippen LogP contribution in [0.3, 0.4) is 0 Å². The molecule has 2 aromatic carbocycles. The van der Waals surface area contributed by atoms with Crippen molar-refractivity contribution in [2.24, 2.45) is 16.2 Å². The van der Waals surface area contributed by atoms with Crippen LogP contribution >= 0.6 is 0 Å². The minimum atomic E-state index is 0.140. The fourth-order valence-electron chi connectivity index (χ4n) is 8.52. The van der Waals surface area contributed by atoms with Gasteiger partial charge in [-0.1, -0.05) is 52.0 Å². The molecular formula is C29H38O2. The highest BCUT2D eigenvalue weighted by atomic mass is 16.3. The summed E-state index contributed by atoms with van der Waals surface area (Å²) >= 11 is 0. The smallest absolute Gasteiger partial charge is 0.118 e. The molecule has 6 rings (SSSR count). The molecule has 0 heterocycles. The standard InChI is InChI=1S/C29H38O2/c1-19-11-21(7-9-23(19)30)27-13-26(6)14-28(16-27,22-8-10-24(31)20(2)12-22)18-29(15-26,17-27)25(3,4)5/h7-12,30-31H,13-18H2,1-6H3. The zero-order chi connectivity index (χ0) is 22.4. The third-order valence-electron chi connectivity index (χ3n) is 9.54. The monoisotopic (exact) mass is 418 g/mol. The molecule has 166 valence electrons. The predicted molar refractivity (Wildman–Crippen MR) is 127 cm³/mol. The van der Waals surface area contributed by atoms with E-state index in [-0.39, 0.29) is 21.7 Å². The molecule has 0 saturated heterocycles. The van der Waals surface area contributed by atoms with E-state index in [9.17, 15) is 10.2 Å². The van der Waals surface area contributed by atoms with Gasteiger partial charge in [0.15, 0.2) is 0 Å². The summed E-state index contributed by atoms with van der Waals surface area (Å²) in [6.07, 6.45) is 7.43. The first-order chi connectivity index (χ1) is 14.3. The van der Waals surface area contributed by atoms with Gasteiger partial charge in [-0.3, -0.25) is 0 Å². The van der Waals surface area contributed by atoms with Crippen LogP contribution in [-0.2, 0) is 10.8 Å². The van der Waals surface area contributed by atoms with Gasteiger partial charge in [-0.25, -0.2) is 0 Å². The highest BCUT2D eigenvalue weighted by molar-refractivity contribution is 5.46. The molecule has 4 bridgehead atoms. The number of aromatic hydroxyl groups is 2.